The average molecular weight is 459 g/mol. The molecule has 1 aromatic carbocycles. The molecule has 1 N–H and O–H groups in total. The molecule has 0 atom stereocenters. The largest absolute Gasteiger partial charge is 0.268 e. The van der Waals surface area contributed by atoms with Crippen LogP contribution in [0.15, 0.2) is 40.0 Å². The third-order valence-corrected chi connectivity index (χ3v) is 7.07. The van der Waals surface area contributed by atoms with Crippen LogP contribution in [0, 0.1) is 13.8 Å². The average Bonchev–Trinajstić information content (AvgIpc) is 2.97. The molecule has 0 aliphatic rings. The summed E-state index contributed by atoms with van der Waals surface area (Å²) in [6.45, 7) is 3.79. The normalized spacial score (nSPS) is 11.7. The minimum Gasteiger partial charge on any atom is -0.268 e. The monoisotopic (exact) mass is 458 g/mol. The van der Waals surface area contributed by atoms with Gasteiger partial charge in [0.05, 0.1) is 27.1 Å². The molecule has 0 aliphatic carbocycles. The van der Waals surface area contributed by atoms with Gasteiger partial charge in [0, 0.05) is 17.6 Å². The highest BCUT2D eigenvalue weighted by atomic mass is 35.5. The van der Waals surface area contributed by atoms with Crippen LogP contribution in [0.5, 0.6) is 0 Å². The zero-order chi connectivity index (χ0) is 20.5. The second kappa shape index (κ2) is 8.30. The predicted octanol–water partition coefficient (Wildman–Crippen LogP) is 3.27. The van der Waals surface area contributed by atoms with Gasteiger partial charge in [0.15, 0.2) is 0 Å². The summed E-state index contributed by atoms with van der Waals surface area (Å²) in [5.41, 5.74) is 1.11. The van der Waals surface area contributed by atoms with E-state index in [1.54, 1.807) is 6.07 Å². The number of benzene rings is 1. The van der Waals surface area contributed by atoms with E-state index < -0.39 is 10.0 Å². The van der Waals surface area contributed by atoms with Crippen molar-refractivity contribution in [1.82, 2.24) is 19.5 Å². The lowest BCUT2D eigenvalue weighted by atomic mass is 10.3. The van der Waals surface area contributed by atoms with Crippen LogP contribution >= 0.6 is 34.5 Å². The number of aryl methyl sites for hydroxylation is 2. The van der Waals surface area contributed by atoms with Gasteiger partial charge in [0.2, 0.25) is 10.0 Å². The van der Waals surface area contributed by atoms with E-state index in [-0.39, 0.29) is 33.6 Å². The maximum atomic E-state index is 12.4. The smallest absolute Gasteiger partial charge is 0.266 e. The van der Waals surface area contributed by atoms with Crippen molar-refractivity contribution >= 4 is 44.6 Å². The highest BCUT2D eigenvalue weighted by Gasteiger charge is 2.18. The van der Waals surface area contributed by atoms with Gasteiger partial charge in [0.1, 0.15) is 10.6 Å². The summed E-state index contributed by atoms with van der Waals surface area (Å²) in [4.78, 5) is 17.2. The van der Waals surface area contributed by atoms with E-state index in [9.17, 15) is 13.2 Å². The van der Waals surface area contributed by atoms with Crippen molar-refractivity contribution in [1.29, 1.82) is 0 Å². The van der Waals surface area contributed by atoms with Crippen molar-refractivity contribution in [2.75, 3.05) is 6.54 Å². The molecule has 28 heavy (non-hydrogen) atoms. The molecule has 148 valence electrons. The summed E-state index contributed by atoms with van der Waals surface area (Å²) >= 11 is 13.3. The van der Waals surface area contributed by atoms with Crippen LogP contribution in [0.3, 0.4) is 0 Å². The lowest BCUT2D eigenvalue weighted by Crippen LogP contribution is -2.32. The fourth-order valence-electron chi connectivity index (χ4n) is 2.55. The Labute approximate surface area is 176 Å². The van der Waals surface area contributed by atoms with Crippen LogP contribution in [-0.2, 0) is 16.6 Å². The second-order valence-corrected chi connectivity index (χ2v) is 9.68. The zero-order valence-electron chi connectivity index (χ0n) is 14.9. The van der Waals surface area contributed by atoms with Gasteiger partial charge in [0.25, 0.3) is 5.56 Å². The zero-order valence-corrected chi connectivity index (χ0v) is 18.1. The number of nitrogens with zero attached hydrogens (tertiary/aromatic N) is 3. The number of hydrogen-bond acceptors (Lipinski definition) is 6. The number of nitrogens with one attached hydrogen (secondary N) is 1. The van der Waals surface area contributed by atoms with Crippen molar-refractivity contribution in [2.45, 2.75) is 25.3 Å². The highest BCUT2D eigenvalue weighted by molar-refractivity contribution is 7.89. The Bertz CT molecular complexity index is 1190. The number of thiazole rings is 1. The Morgan fingerprint density at radius 2 is 1.93 bits per heavy atom. The summed E-state index contributed by atoms with van der Waals surface area (Å²) in [6.07, 6.45) is 0. The third kappa shape index (κ3) is 4.61. The maximum Gasteiger partial charge on any atom is 0.266 e. The van der Waals surface area contributed by atoms with Crippen LogP contribution in [0.25, 0.3) is 10.6 Å². The van der Waals surface area contributed by atoms with Gasteiger partial charge in [-0.3, -0.25) is 4.79 Å². The molecule has 0 saturated carbocycles. The molecule has 0 aliphatic heterocycles. The van der Waals surface area contributed by atoms with E-state index in [0.29, 0.717) is 5.69 Å². The third-order valence-electron chi connectivity index (χ3n) is 3.80. The molecule has 2 heterocycles. The molecular weight excluding hydrogens is 443 g/mol. The van der Waals surface area contributed by atoms with Crippen molar-refractivity contribution in [3.05, 3.63) is 61.4 Å². The SMILES string of the molecule is Cc1nc(C)c(-c2ccc(=O)n(CCNS(=O)(=O)c3cc(Cl)ccc3Cl)n2)s1. The van der Waals surface area contributed by atoms with Gasteiger partial charge >= 0.3 is 0 Å². The first-order chi connectivity index (χ1) is 13.2. The van der Waals surface area contributed by atoms with Gasteiger partial charge in [-0.2, -0.15) is 5.10 Å². The quantitative estimate of drug-likeness (QED) is 0.611. The van der Waals surface area contributed by atoms with Crippen molar-refractivity contribution in [2.24, 2.45) is 0 Å². The lowest BCUT2D eigenvalue weighted by Gasteiger charge is -2.10. The summed E-state index contributed by atoms with van der Waals surface area (Å²) in [6, 6.07) is 7.22. The molecule has 0 amide bonds. The molecule has 0 fully saturated rings. The summed E-state index contributed by atoms with van der Waals surface area (Å²) < 4.78 is 28.5. The van der Waals surface area contributed by atoms with Crippen molar-refractivity contribution in [3.63, 3.8) is 0 Å². The summed E-state index contributed by atoms with van der Waals surface area (Å²) in [7, 11) is -3.88. The minimum atomic E-state index is -3.88. The van der Waals surface area contributed by atoms with E-state index in [1.165, 1.54) is 40.3 Å². The number of halogens is 2. The van der Waals surface area contributed by atoms with Gasteiger partial charge in [-0.05, 0) is 38.1 Å². The molecule has 0 unspecified atom stereocenters. The van der Waals surface area contributed by atoms with E-state index >= 15 is 0 Å². The van der Waals surface area contributed by atoms with Gasteiger partial charge in [-0.15, -0.1) is 11.3 Å². The van der Waals surface area contributed by atoms with Crippen LogP contribution in [0.2, 0.25) is 10.0 Å². The summed E-state index contributed by atoms with van der Waals surface area (Å²) in [5.74, 6) is 0. The predicted molar refractivity (Wildman–Crippen MR) is 111 cm³/mol. The summed E-state index contributed by atoms with van der Waals surface area (Å²) in [5, 5.41) is 5.55. The van der Waals surface area contributed by atoms with E-state index in [0.717, 1.165) is 15.6 Å². The number of sulfonamides is 1. The van der Waals surface area contributed by atoms with E-state index in [1.807, 2.05) is 13.8 Å². The van der Waals surface area contributed by atoms with Crippen LogP contribution < -0.4 is 10.3 Å². The Hall–Kier alpha value is -1.78. The molecule has 3 aromatic rings. The minimum absolute atomic E-state index is 0.0394. The number of aromatic nitrogens is 3. The van der Waals surface area contributed by atoms with Gasteiger partial charge < -0.3 is 0 Å². The van der Waals surface area contributed by atoms with Crippen LogP contribution in [0.1, 0.15) is 10.7 Å². The molecule has 3 rings (SSSR count). The molecule has 7 nitrogen and oxygen atoms in total. The topological polar surface area (TPSA) is 94.0 Å². The van der Waals surface area contributed by atoms with Gasteiger partial charge in [-0.25, -0.2) is 22.8 Å². The molecular formula is C17H16Cl2N4O3S2. The first kappa shape index (κ1) is 20.9. The van der Waals surface area contributed by atoms with E-state index in [4.69, 9.17) is 23.2 Å². The molecule has 0 bridgehead atoms. The molecule has 0 spiro atoms. The second-order valence-electron chi connectivity index (χ2n) is 5.90. The number of hydrogen-bond donors (Lipinski definition) is 1. The van der Waals surface area contributed by atoms with Crippen LogP contribution in [0.4, 0.5) is 0 Å². The Morgan fingerprint density at radius 1 is 1.18 bits per heavy atom. The van der Waals surface area contributed by atoms with Crippen LogP contribution in [-0.4, -0.2) is 29.7 Å². The maximum absolute atomic E-state index is 12.4. The Kier molecular flexibility index (Phi) is 6.21. The molecule has 0 radical (unpaired) electrons. The Balaban J connectivity index is 1.78. The standard InChI is InChI=1S/C17H16Cl2N4O3S2/c1-10-17(27-11(2)21-10)14-5-6-16(24)23(22-14)8-7-20-28(25,26)15-9-12(18)3-4-13(15)19/h3-6,9,20H,7-8H2,1-2H3. The van der Waals surface area contributed by atoms with Crippen molar-refractivity contribution < 1.29 is 8.42 Å². The van der Waals surface area contributed by atoms with E-state index in [2.05, 4.69) is 14.8 Å². The molecule has 0 saturated heterocycles. The fourth-order valence-corrected chi connectivity index (χ4v) is 5.21. The highest BCUT2D eigenvalue weighted by Crippen LogP contribution is 2.27. The lowest BCUT2D eigenvalue weighted by molar-refractivity contribution is 0.549. The fraction of sp³-hybridized carbons (Fsp3) is 0.235. The Morgan fingerprint density at radius 3 is 2.61 bits per heavy atom. The van der Waals surface area contributed by atoms with Crippen molar-refractivity contribution in [3.8, 4) is 10.6 Å². The first-order valence-corrected chi connectivity index (χ1v) is 11.2. The molecule has 2 aromatic heterocycles. The van der Waals surface area contributed by atoms with Gasteiger partial charge in [-0.1, -0.05) is 23.2 Å². The first-order valence-electron chi connectivity index (χ1n) is 8.14. The number of rotatable bonds is 6. The molecule has 11 heteroatoms.